The van der Waals surface area contributed by atoms with Gasteiger partial charge < -0.3 is 10.6 Å². The van der Waals surface area contributed by atoms with Crippen LogP contribution in [-0.4, -0.2) is 18.5 Å². The van der Waals surface area contributed by atoms with Gasteiger partial charge in [-0.15, -0.1) is 0 Å². The highest BCUT2D eigenvalue weighted by Crippen LogP contribution is 2.10. The Morgan fingerprint density at radius 1 is 1.41 bits per heavy atom. The second-order valence-electron chi connectivity index (χ2n) is 4.79. The van der Waals surface area contributed by atoms with Gasteiger partial charge in [0.05, 0.1) is 6.04 Å². The van der Waals surface area contributed by atoms with Crippen LogP contribution in [0, 0.1) is 13.8 Å². The van der Waals surface area contributed by atoms with Crippen LogP contribution in [0.3, 0.4) is 0 Å². The average Bonchev–Trinajstić information content (AvgIpc) is 2.84. The van der Waals surface area contributed by atoms with E-state index in [9.17, 15) is 4.79 Å². The third-order valence-corrected chi connectivity index (χ3v) is 3.41. The first kappa shape index (κ1) is 12.1. The van der Waals surface area contributed by atoms with Crippen molar-refractivity contribution in [1.82, 2.24) is 10.6 Å². The first-order valence-electron chi connectivity index (χ1n) is 6.24. The Labute approximate surface area is 103 Å². The molecule has 0 aliphatic carbocycles. The first-order chi connectivity index (χ1) is 8.16. The normalized spacial score (nSPS) is 19.3. The number of hydrogen-bond acceptors (Lipinski definition) is 2. The van der Waals surface area contributed by atoms with E-state index in [0.29, 0.717) is 6.54 Å². The van der Waals surface area contributed by atoms with Gasteiger partial charge in [0.25, 0.3) is 0 Å². The molecule has 17 heavy (non-hydrogen) atoms. The van der Waals surface area contributed by atoms with Gasteiger partial charge in [-0.05, 0) is 49.9 Å². The summed E-state index contributed by atoms with van der Waals surface area (Å²) < 4.78 is 0. The second-order valence-corrected chi connectivity index (χ2v) is 4.79. The Hall–Kier alpha value is -1.35. The van der Waals surface area contributed by atoms with Crippen LogP contribution in [-0.2, 0) is 11.3 Å². The molecule has 1 fully saturated rings. The minimum Gasteiger partial charge on any atom is -0.351 e. The maximum absolute atomic E-state index is 11.8. The van der Waals surface area contributed by atoms with Crippen LogP contribution >= 0.6 is 0 Å². The Morgan fingerprint density at radius 3 is 2.88 bits per heavy atom. The Morgan fingerprint density at radius 2 is 2.24 bits per heavy atom. The summed E-state index contributed by atoms with van der Waals surface area (Å²) in [6.07, 6.45) is 2.06. The summed E-state index contributed by atoms with van der Waals surface area (Å²) in [5.74, 6) is 0.126. The van der Waals surface area contributed by atoms with E-state index in [1.54, 1.807) is 0 Å². The number of carbonyl (C=O) groups excluding carboxylic acids is 1. The number of rotatable bonds is 3. The van der Waals surface area contributed by atoms with E-state index < -0.39 is 0 Å². The maximum atomic E-state index is 11.8. The van der Waals surface area contributed by atoms with Crippen LogP contribution in [0.15, 0.2) is 18.2 Å². The molecule has 1 aliphatic heterocycles. The third-order valence-electron chi connectivity index (χ3n) is 3.41. The highest BCUT2D eigenvalue weighted by molar-refractivity contribution is 5.81. The smallest absolute Gasteiger partial charge is 0.237 e. The number of nitrogens with one attached hydrogen (secondary N) is 2. The summed E-state index contributed by atoms with van der Waals surface area (Å²) in [5.41, 5.74) is 3.73. The standard InChI is InChI=1S/C14H20N2O/c1-10-5-6-12(8-11(10)2)9-16-14(17)13-4-3-7-15-13/h5-6,8,13,15H,3-4,7,9H2,1-2H3,(H,16,17). The van der Waals surface area contributed by atoms with Crippen molar-refractivity contribution in [2.24, 2.45) is 0 Å². The molecule has 0 saturated carbocycles. The maximum Gasteiger partial charge on any atom is 0.237 e. The molecule has 0 aromatic heterocycles. The number of benzene rings is 1. The van der Waals surface area contributed by atoms with Crippen LogP contribution in [0.1, 0.15) is 29.5 Å². The quantitative estimate of drug-likeness (QED) is 0.832. The van der Waals surface area contributed by atoms with E-state index in [1.807, 2.05) is 0 Å². The van der Waals surface area contributed by atoms with Gasteiger partial charge in [-0.2, -0.15) is 0 Å². The lowest BCUT2D eigenvalue weighted by Gasteiger charge is -2.11. The Bertz CT molecular complexity index is 409. The van der Waals surface area contributed by atoms with Crippen LogP contribution < -0.4 is 10.6 Å². The zero-order chi connectivity index (χ0) is 12.3. The number of aryl methyl sites for hydroxylation is 2. The van der Waals surface area contributed by atoms with E-state index >= 15 is 0 Å². The molecule has 0 spiro atoms. The summed E-state index contributed by atoms with van der Waals surface area (Å²) >= 11 is 0. The van der Waals surface area contributed by atoms with E-state index in [-0.39, 0.29) is 11.9 Å². The summed E-state index contributed by atoms with van der Waals surface area (Å²) in [7, 11) is 0. The second kappa shape index (κ2) is 5.32. The molecular formula is C14H20N2O. The van der Waals surface area contributed by atoms with Crippen molar-refractivity contribution in [2.75, 3.05) is 6.54 Å². The molecule has 0 radical (unpaired) electrons. The average molecular weight is 232 g/mol. The summed E-state index contributed by atoms with van der Waals surface area (Å²) in [6.45, 7) is 5.78. The molecule has 2 rings (SSSR count). The van der Waals surface area contributed by atoms with Crippen LogP contribution in [0.2, 0.25) is 0 Å². The lowest BCUT2D eigenvalue weighted by molar-refractivity contribution is -0.122. The molecule has 1 heterocycles. The summed E-state index contributed by atoms with van der Waals surface area (Å²) in [6, 6.07) is 6.33. The fraction of sp³-hybridized carbons (Fsp3) is 0.500. The van der Waals surface area contributed by atoms with Gasteiger partial charge in [-0.25, -0.2) is 0 Å². The van der Waals surface area contributed by atoms with Crippen molar-refractivity contribution in [3.8, 4) is 0 Å². The molecule has 1 saturated heterocycles. The number of hydrogen-bond donors (Lipinski definition) is 2. The predicted octanol–water partition coefficient (Wildman–Crippen LogP) is 1.67. The van der Waals surface area contributed by atoms with Crippen molar-refractivity contribution >= 4 is 5.91 Å². The summed E-state index contributed by atoms with van der Waals surface area (Å²) in [4.78, 5) is 11.8. The van der Waals surface area contributed by atoms with Crippen molar-refractivity contribution in [1.29, 1.82) is 0 Å². The van der Waals surface area contributed by atoms with Crippen molar-refractivity contribution in [3.63, 3.8) is 0 Å². The zero-order valence-corrected chi connectivity index (χ0v) is 10.5. The molecular weight excluding hydrogens is 212 g/mol. The van der Waals surface area contributed by atoms with E-state index in [2.05, 4.69) is 42.7 Å². The molecule has 3 heteroatoms. The highest BCUT2D eigenvalue weighted by atomic mass is 16.2. The van der Waals surface area contributed by atoms with E-state index in [0.717, 1.165) is 19.4 Å². The highest BCUT2D eigenvalue weighted by Gasteiger charge is 2.21. The van der Waals surface area contributed by atoms with Gasteiger partial charge in [0.2, 0.25) is 5.91 Å². The molecule has 1 aromatic carbocycles. The van der Waals surface area contributed by atoms with Crippen LogP contribution in [0.5, 0.6) is 0 Å². The molecule has 0 bridgehead atoms. The van der Waals surface area contributed by atoms with Crippen molar-refractivity contribution in [2.45, 2.75) is 39.3 Å². The first-order valence-corrected chi connectivity index (χ1v) is 6.24. The van der Waals surface area contributed by atoms with Gasteiger partial charge in [-0.1, -0.05) is 18.2 Å². The molecule has 1 unspecified atom stereocenters. The van der Waals surface area contributed by atoms with Crippen molar-refractivity contribution in [3.05, 3.63) is 34.9 Å². The van der Waals surface area contributed by atoms with Gasteiger partial charge in [-0.3, -0.25) is 4.79 Å². The molecule has 1 atom stereocenters. The lowest BCUT2D eigenvalue weighted by Crippen LogP contribution is -2.40. The minimum absolute atomic E-state index is 0.0153. The SMILES string of the molecule is Cc1ccc(CNC(=O)C2CCCN2)cc1C. The number of carbonyl (C=O) groups is 1. The summed E-state index contributed by atoms with van der Waals surface area (Å²) in [5, 5.41) is 6.19. The fourth-order valence-electron chi connectivity index (χ4n) is 2.13. The third kappa shape index (κ3) is 3.07. The molecule has 1 aliphatic rings. The molecule has 1 amide bonds. The van der Waals surface area contributed by atoms with Crippen LogP contribution in [0.25, 0.3) is 0 Å². The fourth-order valence-corrected chi connectivity index (χ4v) is 2.13. The van der Waals surface area contributed by atoms with Crippen LogP contribution in [0.4, 0.5) is 0 Å². The molecule has 1 aromatic rings. The topological polar surface area (TPSA) is 41.1 Å². The van der Waals surface area contributed by atoms with E-state index in [4.69, 9.17) is 0 Å². The van der Waals surface area contributed by atoms with Gasteiger partial charge >= 0.3 is 0 Å². The lowest BCUT2D eigenvalue weighted by atomic mass is 10.1. The Kier molecular flexibility index (Phi) is 3.79. The molecule has 2 N–H and O–H groups in total. The molecule has 92 valence electrons. The van der Waals surface area contributed by atoms with E-state index in [1.165, 1.54) is 16.7 Å². The minimum atomic E-state index is 0.0153. The number of amides is 1. The zero-order valence-electron chi connectivity index (χ0n) is 10.5. The van der Waals surface area contributed by atoms with Gasteiger partial charge in [0.1, 0.15) is 0 Å². The largest absolute Gasteiger partial charge is 0.351 e. The Balaban J connectivity index is 1.88. The van der Waals surface area contributed by atoms with Gasteiger partial charge in [0.15, 0.2) is 0 Å². The van der Waals surface area contributed by atoms with Crippen molar-refractivity contribution < 1.29 is 4.79 Å². The van der Waals surface area contributed by atoms with Gasteiger partial charge in [0, 0.05) is 6.54 Å². The predicted molar refractivity (Wildman–Crippen MR) is 68.8 cm³/mol. The molecule has 3 nitrogen and oxygen atoms in total. The monoisotopic (exact) mass is 232 g/mol.